The molecule has 1 aliphatic rings. The van der Waals surface area contributed by atoms with Crippen molar-refractivity contribution in [2.75, 3.05) is 6.54 Å². The number of carboxylic acid groups (broad SMARTS) is 1. The van der Waals surface area contributed by atoms with E-state index in [1.54, 1.807) is 0 Å². The van der Waals surface area contributed by atoms with Crippen LogP contribution in [-0.2, 0) is 9.59 Å². The maximum atomic E-state index is 13.7. The van der Waals surface area contributed by atoms with Crippen LogP contribution in [-0.4, -0.2) is 23.5 Å². The second-order valence-electron chi connectivity index (χ2n) is 6.52. The number of hydrogen-bond donors (Lipinski definition) is 2. The molecule has 23 heavy (non-hydrogen) atoms. The maximum Gasteiger partial charge on any atom is 0.308 e. The number of halogens is 2. The van der Waals surface area contributed by atoms with E-state index in [0.29, 0.717) is 18.4 Å². The van der Waals surface area contributed by atoms with E-state index >= 15 is 0 Å². The second-order valence-corrected chi connectivity index (χ2v) is 6.52. The van der Waals surface area contributed by atoms with Gasteiger partial charge in [0, 0.05) is 18.5 Å². The van der Waals surface area contributed by atoms with Gasteiger partial charge in [-0.05, 0) is 36.3 Å². The molecule has 1 fully saturated rings. The first-order valence-electron chi connectivity index (χ1n) is 7.75. The normalized spacial score (nSPS) is 21.1. The van der Waals surface area contributed by atoms with Crippen molar-refractivity contribution in [3.05, 3.63) is 35.4 Å². The molecule has 1 aromatic carbocycles. The summed E-state index contributed by atoms with van der Waals surface area (Å²) in [5.74, 6) is -3.54. The number of aliphatic carboxylic acids is 1. The molecule has 4 nitrogen and oxygen atoms in total. The van der Waals surface area contributed by atoms with Gasteiger partial charge in [-0.15, -0.1) is 0 Å². The highest BCUT2D eigenvalue weighted by Gasteiger charge is 2.45. The summed E-state index contributed by atoms with van der Waals surface area (Å²) < 4.78 is 26.6. The summed E-state index contributed by atoms with van der Waals surface area (Å²) in [5.41, 5.74) is 0.337. The predicted octanol–water partition coefficient (Wildman–Crippen LogP) is 2.93. The second kappa shape index (κ2) is 7.06. The van der Waals surface area contributed by atoms with Crippen molar-refractivity contribution in [1.82, 2.24) is 5.32 Å². The highest BCUT2D eigenvalue weighted by molar-refractivity contribution is 5.83. The van der Waals surface area contributed by atoms with E-state index in [1.165, 1.54) is 12.1 Å². The molecule has 1 amide bonds. The molecule has 0 saturated heterocycles. The molecule has 0 bridgehead atoms. The monoisotopic (exact) mass is 325 g/mol. The fraction of sp³-hybridized carbons (Fsp3) is 0.529. The highest BCUT2D eigenvalue weighted by Crippen LogP contribution is 2.48. The molecule has 6 heteroatoms. The van der Waals surface area contributed by atoms with Gasteiger partial charge in [-0.3, -0.25) is 9.59 Å². The Morgan fingerprint density at radius 3 is 2.61 bits per heavy atom. The molecule has 0 radical (unpaired) electrons. The molecule has 2 rings (SSSR count). The fourth-order valence-electron chi connectivity index (χ4n) is 2.83. The number of benzene rings is 1. The molecule has 2 N–H and O–H groups in total. The zero-order valence-electron chi connectivity index (χ0n) is 13.2. The Morgan fingerprint density at radius 1 is 1.35 bits per heavy atom. The van der Waals surface area contributed by atoms with Crippen molar-refractivity contribution in [3.63, 3.8) is 0 Å². The van der Waals surface area contributed by atoms with Crippen molar-refractivity contribution < 1.29 is 23.5 Å². The van der Waals surface area contributed by atoms with Crippen molar-refractivity contribution in [1.29, 1.82) is 0 Å². The number of carboxylic acids is 1. The lowest BCUT2D eigenvalue weighted by Crippen LogP contribution is -2.34. The molecule has 1 aliphatic carbocycles. The summed E-state index contributed by atoms with van der Waals surface area (Å²) in [7, 11) is 0. The lowest BCUT2D eigenvalue weighted by atomic mass is 9.97. The van der Waals surface area contributed by atoms with Crippen LogP contribution >= 0.6 is 0 Å². The lowest BCUT2D eigenvalue weighted by Gasteiger charge is -2.15. The topological polar surface area (TPSA) is 66.4 Å². The average Bonchev–Trinajstić information content (AvgIpc) is 3.22. The summed E-state index contributed by atoms with van der Waals surface area (Å²) in [6.07, 6.45) is 0.979. The molecule has 0 aromatic heterocycles. The molecular formula is C17H21F2NO3. The standard InChI is InChI=1S/C17H21F2NO3/c1-9(2)5-10(17(22)23)8-20-16(21)14-7-13(14)12-4-3-11(18)6-15(12)19/h3-4,6,9-10,13-14H,5,7-8H2,1-2H3,(H,20,21)(H,22,23). The Kier molecular flexibility index (Phi) is 5.34. The third-order valence-electron chi connectivity index (χ3n) is 4.12. The zero-order valence-corrected chi connectivity index (χ0v) is 13.2. The summed E-state index contributed by atoms with van der Waals surface area (Å²) >= 11 is 0. The summed E-state index contributed by atoms with van der Waals surface area (Å²) in [6.45, 7) is 3.92. The molecule has 0 spiro atoms. The Labute approximate surface area is 133 Å². The Morgan fingerprint density at radius 2 is 2.04 bits per heavy atom. The van der Waals surface area contributed by atoms with E-state index in [0.717, 1.165) is 6.07 Å². The van der Waals surface area contributed by atoms with Crippen LogP contribution in [0.5, 0.6) is 0 Å². The van der Waals surface area contributed by atoms with Gasteiger partial charge in [-0.25, -0.2) is 8.78 Å². The largest absolute Gasteiger partial charge is 0.481 e. The number of carbonyl (C=O) groups excluding carboxylic acids is 1. The van der Waals surface area contributed by atoms with Gasteiger partial charge in [-0.2, -0.15) is 0 Å². The number of carbonyl (C=O) groups is 2. The minimum absolute atomic E-state index is 0.0709. The van der Waals surface area contributed by atoms with Gasteiger partial charge >= 0.3 is 5.97 Å². The van der Waals surface area contributed by atoms with E-state index in [-0.39, 0.29) is 30.2 Å². The Bertz CT molecular complexity index is 604. The van der Waals surface area contributed by atoms with Crippen LogP contribution in [0.3, 0.4) is 0 Å². The molecule has 3 unspecified atom stereocenters. The molecule has 126 valence electrons. The van der Waals surface area contributed by atoms with Crippen LogP contribution in [0, 0.1) is 29.4 Å². The third-order valence-corrected chi connectivity index (χ3v) is 4.12. The van der Waals surface area contributed by atoms with Crippen LogP contribution in [0.25, 0.3) is 0 Å². The van der Waals surface area contributed by atoms with Gasteiger partial charge in [0.1, 0.15) is 11.6 Å². The molecule has 3 atom stereocenters. The van der Waals surface area contributed by atoms with E-state index in [1.807, 2.05) is 13.8 Å². The summed E-state index contributed by atoms with van der Waals surface area (Å²) in [5, 5.41) is 11.8. The number of nitrogens with one attached hydrogen (secondary N) is 1. The molecular weight excluding hydrogens is 304 g/mol. The molecule has 1 saturated carbocycles. The van der Waals surface area contributed by atoms with Gasteiger partial charge in [-0.1, -0.05) is 19.9 Å². The lowest BCUT2D eigenvalue weighted by molar-refractivity contribution is -0.142. The fourth-order valence-corrected chi connectivity index (χ4v) is 2.83. The summed E-state index contributed by atoms with van der Waals surface area (Å²) in [4.78, 5) is 23.2. The quantitative estimate of drug-likeness (QED) is 0.810. The maximum absolute atomic E-state index is 13.7. The van der Waals surface area contributed by atoms with Gasteiger partial charge in [0.2, 0.25) is 5.91 Å². The first-order valence-corrected chi connectivity index (χ1v) is 7.75. The minimum atomic E-state index is -0.934. The number of hydrogen-bond acceptors (Lipinski definition) is 2. The van der Waals surface area contributed by atoms with E-state index in [2.05, 4.69) is 5.32 Å². The van der Waals surface area contributed by atoms with Crippen molar-refractivity contribution in [2.45, 2.75) is 32.6 Å². The van der Waals surface area contributed by atoms with Crippen LogP contribution in [0.1, 0.15) is 38.2 Å². The minimum Gasteiger partial charge on any atom is -0.481 e. The van der Waals surface area contributed by atoms with Gasteiger partial charge in [0.25, 0.3) is 0 Å². The first kappa shape index (κ1) is 17.4. The average molecular weight is 325 g/mol. The van der Waals surface area contributed by atoms with E-state index in [4.69, 9.17) is 5.11 Å². The predicted molar refractivity (Wildman–Crippen MR) is 80.8 cm³/mol. The van der Waals surface area contributed by atoms with Crippen molar-refractivity contribution in [3.8, 4) is 0 Å². The first-order chi connectivity index (χ1) is 10.8. The number of rotatable bonds is 7. The van der Waals surface area contributed by atoms with Crippen molar-refractivity contribution in [2.24, 2.45) is 17.8 Å². The van der Waals surface area contributed by atoms with Crippen LogP contribution in [0.15, 0.2) is 18.2 Å². The molecule has 0 heterocycles. The molecule has 1 aromatic rings. The summed E-state index contributed by atoms with van der Waals surface area (Å²) in [6, 6.07) is 3.35. The number of amides is 1. The Balaban J connectivity index is 1.89. The molecule has 0 aliphatic heterocycles. The van der Waals surface area contributed by atoms with Gasteiger partial charge < -0.3 is 10.4 Å². The zero-order chi connectivity index (χ0) is 17.1. The highest BCUT2D eigenvalue weighted by atomic mass is 19.1. The van der Waals surface area contributed by atoms with Crippen molar-refractivity contribution >= 4 is 11.9 Å². The van der Waals surface area contributed by atoms with E-state index in [9.17, 15) is 18.4 Å². The van der Waals surface area contributed by atoms with Gasteiger partial charge in [0.05, 0.1) is 5.92 Å². The van der Waals surface area contributed by atoms with Crippen LogP contribution in [0.2, 0.25) is 0 Å². The Hall–Kier alpha value is -1.98. The van der Waals surface area contributed by atoms with E-state index < -0.39 is 23.5 Å². The smallest absolute Gasteiger partial charge is 0.308 e. The third kappa shape index (κ3) is 4.50. The van der Waals surface area contributed by atoms with Crippen LogP contribution < -0.4 is 5.32 Å². The SMILES string of the molecule is CC(C)CC(CNC(=O)C1CC1c1ccc(F)cc1F)C(=O)O. The van der Waals surface area contributed by atoms with Gasteiger partial charge in [0.15, 0.2) is 0 Å². The van der Waals surface area contributed by atoms with Crippen LogP contribution in [0.4, 0.5) is 8.78 Å².